The van der Waals surface area contributed by atoms with Crippen molar-refractivity contribution in [2.24, 2.45) is 0 Å². The van der Waals surface area contributed by atoms with Crippen LogP contribution in [0.2, 0.25) is 0 Å². The number of thioether (sulfide) groups is 1. The van der Waals surface area contributed by atoms with Gasteiger partial charge in [-0.1, -0.05) is 0 Å². The zero-order valence-corrected chi connectivity index (χ0v) is 10.1. The predicted molar refractivity (Wildman–Crippen MR) is 61.5 cm³/mol. The normalized spacial score (nSPS) is 21.7. The average Bonchev–Trinajstić information content (AvgIpc) is 2.76. The van der Waals surface area contributed by atoms with E-state index in [-0.39, 0.29) is 5.91 Å². The first-order valence-corrected chi connectivity index (χ1v) is 6.68. The lowest BCUT2D eigenvalue weighted by Gasteiger charge is -2.16. The first-order valence-electron chi connectivity index (χ1n) is 5.29. The van der Waals surface area contributed by atoms with Crippen molar-refractivity contribution >= 4 is 23.6 Å². The minimum absolute atomic E-state index is 0.300. The van der Waals surface area contributed by atoms with Crippen LogP contribution in [0.5, 0.6) is 0 Å². The molecule has 0 aromatic heterocycles. The van der Waals surface area contributed by atoms with Gasteiger partial charge in [-0.15, -0.1) is 0 Å². The van der Waals surface area contributed by atoms with Gasteiger partial charge in [0, 0.05) is 6.61 Å². The van der Waals surface area contributed by atoms with E-state index in [1.165, 1.54) is 0 Å². The molecule has 0 radical (unpaired) electrons. The number of carboxylic acid groups (broad SMARTS) is 1. The second-order valence-corrected chi connectivity index (χ2v) is 4.67. The van der Waals surface area contributed by atoms with E-state index in [0.717, 1.165) is 6.42 Å². The number of hydrogen-bond donors (Lipinski definition) is 2. The smallest absolute Gasteiger partial charge is 0.326 e. The topological polar surface area (TPSA) is 75.6 Å². The Hall–Kier alpha value is -0.750. The van der Waals surface area contributed by atoms with E-state index in [9.17, 15) is 9.59 Å². The molecule has 0 aromatic carbocycles. The largest absolute Gasteiger partial charge is 0.480 e. The minimum atomic E-state index is -0.986. The SMILES string of the molecule is CSCC[C@H](NC(=O)[C@@H]1CCCO1)C(=O)O. The van der Waals surface area contributed by atoms with Gasteiger partial charge < -0.3 is 15.2 Å². The van der Waals surface area contributed by atoms with Crippen LogP contribution in [0.25, 0.3) is 0 Å². The number of rotatable bonds is 6. The van der Waals surface area contributed by atoms with Crippen molar-refractivity contribution in [2.45, 2.75) is 31.4 Å². The Morgan fingerprint density at radius 1 is 1.62 bits per heavy atom. The molecule has 92 valence electrons. The fourth-order valence-electron chi connectivity index (χ4n) is 1.54. The van der Waals surface area contributed by atoms with Crippen molar-refractivity contribution in [1.29, 1.82) is 0 Å². The van der Waals surface area contributed by atoms with Gasteiger partial charge in [0.25, 0.3) is 0 Å². The molecular weight excluding hydrogens is 230 g/mol. The Morgan fingerprint density at radius 2 is 2.38 bits per heavy atom. The summed E-state index contributed by atoms with van der Waals surface area (Å²) >= 11 is 1.56. The molecule has 0 spiro atoms. The summed E-state index contributed by atoms with van der Waals surface area (Å²) < 4.78 is 5.19. The summed E-state index contributed by atoms with van der Waals surface area (Å²) in [5.41, 5.74) is 0. The lowest BCUT2D eigenvalue weighted by atomic mass is 10.2. The Bertz CT molecular complexity index is 253. The highest BCUT2D eigenvalue weighted by molar-refractivity contribution is 7.98. The Kier molecular flexibility index (Phi) is 5.62. The third-order valence-corrected chi connectivity index (χ3v) is 3.09. The summed E-state index contributed by atoms with van der Waals surface area (Å²) in [5, 5.41) is 11.4. The van der Waals surface area contributed by atoms with Crippen LogP contribution in [0.4, 0.5) is 0 Å². The average molecular weight is 247 g/mol. The molecule has 0 saturated carbocycles. The van der Waals surface area contributed by atoms with Crippen LogP contribution in [0.3, 0.4) is 0 Å². The Balaban J connectivity index is 2.40. The molecule has 1 fully saturated rings. The van der Waals surface area contributed by atoms with Gasteiger partial charge in [0.1, 0.15) is 12.1 Å². The first kappa shape index (κ1) is 13.3. The molecule has 1 aliphatic rings. The molecule has 5 nitrogen and oxygen atoms in total. The van der Waals surface area contributed by atoms with Gasteiger partial charge in [0.15, 0.2) is 0 Å². The van der Waals surface area contributed by atoms with Crippen LogP contribution < -0.4 is 5.32 Å². The number of nitrogens with one attached hydrogen (secondary N) is 1. The van der Waals surface area contributed by atoms with E-state index in [0.29, 0.717) is 25.2 Å². The lowest BCUT2D eigenvalue weighted by Crippen LogP contribution is -2.45. The quantitative estimate of drug-likeness (QED) is 0.714. The van der Waals surface area contributed by atoms with Crippen LogP contribution in [-0.2, 0) is 14.3 Å². The van der Waals surface area contributed by atoms with Crippen molar-refractivity contribution < 1.29 is 19.4 Å². The summed E-state index contributed by atoms with van der Waals surface area (Å²) in [4.78, 5) is 22.5. The lowest BCUT2D eigenvalue weighted by molar-refractivity contribution is -0.143. The first-order chi connectivity index (χ1) is 7.65. The summed E-state index contributed by atoms with van der Waals surface area (Å²) in [5.74, 6) is -0.575. The molecule has 0 aliphatic carbocycles. The summed E-state index contributed by atoms with van der Waals surface area (Å²) in [6, 6.07) is -0.802. The monoisotopic (exact) mass is 247 g/mol. The molecule has 6 heteroatoms. The minimum Gasteiger partial charge on any atom is -0.480 e. The number of hydrogen-bond acceptors (Lipinski definition) is 4. The van der Waals surface area contributed by atoms with E-state index < -0.39 is 18.1 Å². The summed E-state index contributed by atoms with van der Waals surface area (Å²) in [6.45, 7) is 0.584. The zero-order chi connectivity index (χ0) is 12.0. The van der Waals surface area contributed by atoms with Gasteiger partial charge in [-0.2, -0.15) is 11.8 Å². The Morgan fingerprint density at radius 3 is 2.88 bits per heavy atom. The fourth-order valence-corrected chi connectivity index (χ4v) is 2.01. The van der Waals surface area contributed by atoms with Gasteiger partial charge in [-0.3, -0.25) is 4.79 Å². The van der Waals surface area contributed by atoms with E-state index in [1.54, 1.807) is 11.8 Å². The molecule has 0 bridgehead atoms. The van der Waals surface area contributed by atoms with Crippen molar-refractivity contribution in [3.8, 4) is 0 Å². The molecule has 1 aliphatic heterocycles. The number of aliphatic carboxylic acids is 1. The van der Waals surface area contributed by atoms with Gasteiger partial charge >= 0.3 is 5.97 Å². The number of carboxylic acids is 1. The standard InChI is InChI=1S/C10H17NO4S/c1-16-6-4-7(10(13)14)11-9(12)8-3-2-5-15-8/h7-8H,2-6H2,1H3,(H,11,12)(H,13,14)/t7-,8-/m0/s1. The second-order valence-electron chi connectivity index (χ2n) is 3.68. The van der Waals surface area contributed by atoms with Gasteiger partial charge in [0.05, 0.1) is 0 Å². The van der Waals surface area contributed by atoms with E-state index >= 15 is 0 Å². The molecule has 16 heavy (non-hydrogen) atoms. The maximum Gasteiger partial charge on any atom is 0.326 e. The molecular formula is C10H17NO4S. The maximum atomic E-state index is 11.6. The molecule has 1 saturated heterocycles. The number of carbonyl (C=O) groups is 2. The fraction of sp³-hybridized carbons (Fsp3) is 0.800. The molecule has 2 N–H and O–H groups in total. The molecule has 1 rings (SSSR count). The van der Waals surface area contributed by atoms with E-state index in [1.807, 2.05) is 6.26 Å². The Labute approximate surface area is 98.9 Å². The highest BCUT2D eigenvalue weighted by Crippen LogP contribution is 2.12. The third kappa shape index (κ3) is 4.02. The number of carbonyl (C=O) groups excluding carboxylic acids is 1. The van der Waals surface area contributed by atoms with Crippen molar-refractivity contribution in [2.75, 3.05) is 18.6 Å². The summed E-state index contributed by atoms with van der Waals surface area (Å²) in [7, 11) is 0. The molecule has 0 aromatic rings. The van der Waals surface area contributed by atoms with Crippen molar-refractivity contribution in [1.82, 2.24) is 5.32 Å². The maximum absolute atomic E-state index is 11.6. The zero-order valence-electron chi connectivity index (χ0n) is 9.27. The van der Waals surface area contributed by atoms with Crippen LogP contribution in [0.1, 0.15) is 19.3 Å². The van der Waals surface area contributed by atoms with Crippen LogP contribution in [-0.4, -0.2) is 47.7 Å². The second kappa shape index (κ2) is 6.75. The highest BCUT2D eigenvalue weighted by Gasteiger charge is 2.27. The van der Waals surface area contributed by atoms with Gasteiger partial charge in [0.2, 0.25) is 5.91 Å². The van der Waals surface area contributed by atoms with Crippen molar-refractivity contribution in [3.05, 3.63) is 0 Å². The number of amides is 1. The van der Waals surface area contributed by atoms with Crippen LogP contribution in [0.15, 0.2) is 0 Å². The number of ether oxygens (including phenoxy) is 1. The predicted octanol–water partition coefficient (Wildman–Crippen LogP) is 0.488. The molecule has 1 heterocycles. The van der Waals surface area contributed by atoms with E-state index in [2.05, 4.69) is 5.32 Å². The summed E-state index contributed by atoms with van der Waals surface area (Å²) in [6.07, 6.45) is 3.42. The molecule has 0 unspecified atom stereocenters. The highest BCUT2D eigenvalue weighted by atomic mass is 32.2. The molecule has 2 atom stereocenters. The van der Waals surface area contributed by atoms with Gasteiger partial charge in [-0.05, 0) is 31.3 Å². The molecule has 1 amide bonds. The van der Waals surface area contributed by atoms with Crippen LogP contribution >= 0.6 is 11.8 Å². The van der Waals surface area contributed by atoms with Crippen molar-refractivity contribution in [3.63, 3.8) is 0 Å². The van der Waals surface area contributed by atoms with E-state index in [4.69, 9.17) is 9.84 Å². The van der Waals surface area contributed by atoms with Gasteiger partial charge in [-0.25, -0.2) is 4.79 Å². The third-order valence-electron chi connectivity index (χ3n) is 2.45. The van der Waals surface area contributed by atoms with Crippen LogP contribution in [0, 0.1) is 0 Å².